The molecular formula is C19H27N3O2. The fourth-order valence-corrected chi connectivity index (χ4v) is 3.64. The molecule has 24 heavy (non-hydrogen) atoms. The molecule has 1 saturated heterocycles. The highest BCUT2D eigenvalue weighted by molar-refractivity contribution is 5.94. The SMILES string of the molecule is O=C(CN1CCC(NC(=O)c2ccccc2)CC1)NC1CCCC1. The van der Waals surface area contributed by atoms with Crippen molar-refractivity contribution in [3.8, 4) is 0 Å². The van der Waals surface area contributed by atoms with Gasteiger partial charge in [-0.3, -0.25) is 14.5 Å². The molecule has 5 heteroatoms. The van der Waals surface area contributed by atoms with E-state index in [4.69, 9.17) is 0 Å². The van der Waals surface area contributed by atoms with Gasteiger partial charge in [0, 0.05) is 30.7 Å². The topological polar surface area (TPSA) is 61.4 Å². The highest BCUT2D eigenvalue weighted by Crippen LogP contribution is 2.17. The Balaban J connectivity index is 1.37. The van der Waals surface area contributed by atoms with Gasteiger partial charge >= 0.3 is 0 Å². The van der Waals surface area contributed by atoms with Crippen LogP contribution in [0.15, 0.2) is 30.3 Å². The maximum Gasteiger partial charge on any atom is 0.251 e. The Hall–Kier alpha value is -1.88. The Morgan fingerprint density at radius 3 is 2.21 bits per heavy atom. The summed E-state index contributed by atoms with van der Waals surface area (Å²) in [5.41, 5.74) is 0.705. The number of hydrogen-bond donors (Lipinski definition) is 2. The maximum absolute atomic E-state index is 12.2. The molecule has 2 fully saturated rings. The average Bonchev–Trinajstić information content (AvgIpc) is 3.10. The molecule has 0 unspecified atom stereocenters. The van der Waals surface area contributed by atoms with Crippen LogP contribution in [0.5, 0.6) is 0 Å². The molecule has 2 aliphatic rings. The summed E-state index contributed by atoms with van der Waals surface area (Å²) in [5, 5.41) is 6.24. The van der Waals surface area contributed by atoms with Crippen LogP contribution in [0.25, 0.3) is 0 Å². The van der Waals surface area contributed by atoms with Gasteiger partial charge in [0.05, 0.1) is 6.54 Å². The molecule has 2 amide bonds. The third-order valence-corrected chi connectivity index (χ3v) is 5.05. The second-order valence-electron chi connectivity index (χ2n) is 6.94. The van der Waals surface area contributed by atoms with Gasteiger partial charge < -0.3 is 10.6 Å². The quantitative estimate of drug-likeness (QED) is 0.868. The summed E-state index contributed by atoms with van der Waals surface area (Å²) >= 11 is 0. The van der Waals surface area contributed by atoms with Crippen LogP contribution in [0.3, 0.4) is 0 Å². The van der Waals surface area contributed by atoms with Crippen LogP contribution in [0.2, 0.25) is 0 Å². The first-order valence-electron chi connectivity index (χ1n) is 9.08. The number of nitrogens with zero attached hydrogens (tertiary/aromatic N) is 1. The lowest BCUT2D eigenvalue weighted by Crippen LogP contribution is -2.48. The van der Waals surface area contributed by atoms with Crippen molar-refractivity contribution >= 4 is 11.8 Å². The van der Waals surface area contributed by atoms with Gasteiger partial charge in [-0.25, -0.2) is 0 Å². The number of nitrogens with one attached hydrogen (secondary N) is 2. The molecule has 1 aromatic rings. The smallest absolute Gasteiger partial charge is 0.251 e. The maximum atomic E-state index is 12.2. The summed E-state index contributed by atoms with van der Waals surface area (Å²) in [6.07, 6.45) is 6.51. The van der Waals surface area contributed by atoms with Crippen LogP contribution in [0, 0.1) is 0 Å². The monoisotopic (exact) mass is 329 g/mol. The molecule has 0 radical (unpaired) electrons. The fraction of sp³-hybridized carbons (Fsp3) is 0.579. The summed E-state index contributed by atoms with van der Waals surface area (Å²) in [6, 6.07) is 9.91. The second kappa shape index (κ2) is 8.29. The number of piperidine rings is 1. The van der Waals surface area contributed by atoms with Crippen LogP contribution >= 0.6 is 0 Å². The first kappa shape index (κ1) is 17.0. The Morgan fingerprint density at radius 2 is 1.54 bits per heavy atom. The van der Waals surface area contributed by atoms with E-state index < -0.39 is 0 Å². The van der Waals surface area contributed by atoms with E-state index in [1.165, 1.54) is 12.8 Å². The van der Waals surface area contributed by atoms with E-state index in [0.717, 1.165) is 38.8 Å². The predicted molar refractivity (Wildman–Crippen MR) is 93.8 cm³/mol. The van der Waals surface area contributed by atoms with E-state index in [-0.39, 0.29) is 17.9 Å². The van der Waals surface area contributed by atoms with E-state index in [0.29, 0.717) is 18.2 Å². The number of rotatable bonds is 5. The zero-order valence-electron chi connectivity index (χ0n) is 14.2. The first-order valence-corrected chi connectivity index (χ1v) is 9.08. The molecule has 3 rings (SSSR count). The van der Waals surface area contributed by atoms with Gasteiger partial charge in [0.25, 0.3) is 5.91 Å². The molecule has 2 N–H and O–H groups in total. The molecule has 130 valence electrons. The normalized spacial score (nSPS) is 20.0. The van der Waals surface area contributed by atoms with Crippen molar-refractivity contribution in [2.75, 3.05) is 19.6 Å². The molecule has 1 aromatic carbocycles. The zero-order chi connectivity index (χ0) is 16.8. The molecule has 1 aliphatic carbocycles. The predicted octanol–water partition coefficient (Wildman–Crippen LogP) is 1.94. The number of carbonyl (C=O) groups excluding carboxylic acids is 2. The first-order chi connectivity index (χ1) is 11.7. The average molecular weight is 329 g/mol. The van der Waals surface area contributed by atoms with Gasteiger partial charge in [-0.05, 0) is 37.8 Å². The van der Waals surface area contributed by atoms with Gasteiger partial charge in [0.2, 0.25) is 5.91 Å². The lowest BCUT2D eigenvalue weighted by atomic mass is 10.0. The standard InChI is InChI=1S/C19H27N3O2/c23-18(20-16-8-4-5-9-16)14-22-12-10-17(11-13-22)21-19(24)15-6-2-1-3-7-15/h1-3,6-7,16-17H,4-5,8-14H2,(H,20,23)(H,21,24). The van der Waals surface area contributed by atoms with Crippen LogP contribution < -0.4 is 10.6 Å². The van der Waals surface area contributed by atoms with Crippen molar-refractivity contribution in [1.29, 1.82) is 0 Å². The van der Waals surface area contributed by atoms with Crippen molar-refractivity contribution < 1.29 is 9.59 Å². The van der Waals surface area contributed by atoms with E-state index in [1.807, 2.05) is 30.3 Å². The summed E-state index contributed by atoms with van der Waals surface area (Å²) in [4.78, 5) is 26.5. The van der Waals surface area contributed by atoms with Gasteiger partial charge in [-0.15, -0.1) is 0 Å². The summed E-state index contributed by atoms with van der Waals surface area (Å²) < 4.78 is 0. The van der Waals surface area contributed by atoms with Crippen molar-refractivity contribution in [2.45, 2.75) is 50.6 Å². The number of likely N-dealkylation sites (tertiary alicyclic amines) is 1. The molecular weight excluding hydrogens is 302 g/mol. The van der Waals surface area contributed by atoms with Crippen LogP contribution in [0.1, 0.15) is 48.9 Å². The molecule has 0 atom stereocenters. The molecule has 1 heterocycles. The third kappa shape index (κ3) is 4.81. The highest BCUT2D eigenvalue weighted by atomic mass is 16.2. The molecule has 1 saturated carbocycles. The number of hydrogen-bond acceptors (Lipinski definition) is 3. The Kier molecular flexibility index (Phi) is 5.86. The van der Waals surface area contributed by atoms with E-state index in [1.54, 1.807) is 0 Å². The molecule has 1 aliphatic heterocycles. The minimum Gasteiger partial charge on any atom is -0.352 e. The van der Waals surface area contributed by atoms with Crippen molar-refractivity contribution in [3.63, 3.8) is 0 Å². The molecule has 0 bridgehead atoms. The van der Waals surface area contributed by atoms with Gasteiger partial charge in [-0.1, -0.05) is 31.0 Å². The number of benzene rings is 1. The van der Waals surface area contributed by atoms with Crippen LogP contribution in [-0.4, -0.2) is 48.4 Å². The summed E-state index contributed by atoms with van der Waals surface area (Å²) in [7, 11) is 0. The second-order valence-corrected chi connectivity index (χ2v) is 6.94. The van der Waals surface area contributed by atoms with Crippen LogP contribution in [-0.2, 0) is 4.79 Å². The fourth-order valence-electron chi connectivity index (χ4n) is 3.64. The largest absolute Gasteiger partial charge is 0.352 e. The summed E-state index contributed by atoms with van der Waals surface area (Å²) in [5.74, 6) is 0.140. The third-order valence-electron chi connectivity index (χ3n) is 5.05. The van der Waals surface area contributed by atoms with E-state index in [9.17, 15) is 9.59 Å². The van der Waals surface area contributed by atoms with Crippen LogP contribution in [0.4, 0.5) is 0 Å². The molecule has 0 aromatic heterocycles. The van der Waals surface area contributed by atoms with Gasteiger partial charge in [0.1, 0.15) is 0 Å². The molecule has 0 spiro atoms. The zero-order valence-corrected chi connectivity index (χ0v) is 14.2. The lowest BCUT2D eigenvalue weighted by molar-refractivity contribution is -0.123. The summed E-state index contributed by atoms with van der Waals surface area (Å²) in [6.45, 7) is 2.20. The van der Waals surface area contributed by atoms with Gasteiger partial charge in [0.15, 0.2) is 0 Å². The molecule has 5 nitrogen and oxygen atoms in total. The number of carbonyl (C=O) groups is 2. The lowest BCUT2D eigenvalue weighted by Gasteiger charge is -2.32. The van der Waals surface area contributed by atoms with E-state index in [2.05, 4.69) is 15.5 Å². The highest BCUT2D eigenvalue weighted by Gasteiger charge is 2.23. The Bertz CT molecular complexity index is 547. The Morgan fingerprint density at radius 1 is 0.917 bits per heavy atom. The minimum absolute atomic E-state index is 0.00646. The van der Waals surface area contributed by atoms with Crippen molar-refractivity contribution in [3.05, 3.63) is 35.9 Å². The van der Waals surface area contributed by atoms with Crippen molar-refractivity contribution in [2.24, 2.45) is 0 Å². The van der Waals surface area contributed by atoms with E-state index >= 15 is 0 Å². The minimum atomic E-state index is -0.00646. The number of amides is 2. The van der Waals surface area contributed by atoms with Gasteiger partial charge in [-0.2, -0.15) is 0 Å². The van der Waals surface area contributed by atoms with Crippen molar-refractivity contribution in [1.82, 2.24) is 15.5 Å². The Labute approximate surface area is 143 Å².